The van der Waals surface area contributed by atoms with Crippen LogP contribution in [-0.2, 0) is 0 Å². The van der Waals surface area contributed by atoms with Crippen molar-refractivity contribution in [1.29, 1.82) is 0 Å². The first kappa shape index (κ1) is 9.98. The second-order valence-corrected chi connectivity index (χ2v) is 3.55. The number of rotatable bonds is 4. The maximum atomic E-state index is 5.61. The molecule has 1 atom stereocenters. The summed E-state index contributed by atoms with van der Waals surface area (Å²) in [6.45, 7) is 2.81. The molecule has 0 saturated heterocycles. The largest absolute Gasteiger partial charge is 0.460 e. The van der Waals surface area contributed by atoms with Crippen molar-refractivity contribution in [1.82, 2.24) is 15.3 Å². The molecule has 2 N–H and O–H groups in total. The molecule has 0 aliphatic heterocycles. The quantitative estimate of drug-likeness (QED) is 0.796. The summed E-state index contributed by atoms with van der Waals surface area (Å²) in [5, 5.41) is 3.05. The van der Waals surface area contributed by atoms with E-state index in [0.717, 1.165) is 17.6 Å². The number of imidazole rings is 1. The maximum Gasteiger partial charge on any atom is 0.294 e. The molecule has 1 heterocycles. The Bertz CT molecular complexity index is 405. The Morgan fingerprint density at radius 3 is 3.00 bits per heavy atom. The van der Waals surface area contributed by atoms with Gasteiger partial charge in [0.25, 0.3) is 6.01 Å². The Labute approximate surface area is 88.7 Å². The molecule has 0 saturated carbocycles. The van der Waals surface area contributed by atoms with Gasteiger partial charge in [-0.1, -0.05) is 12.1 Å². The summed E-state index contributed by atoms with van der Waals surface area (Å²) in [5.74, 6) is 0. The molecule has 15 heavy (non-hydrogen) atoms. The van der Waals surface area contributed by atoms with Crippen LogP contribution in [0.15, 0.2) is 24.3 Å². The fourth-order valence-corrected chi connectivity index (χ4v) is 1.50. The van der Waals surface area contributed by atoms with Gasteiger partial charge in [0, 0.05) is 6.54 Å². The number of nitrogens with one attached hydrogen (secondary N) is 2. The number of hydrogen-bond donors (Lipinski definition) is 2. The molecule has 4 nitrogen and oxygen atoms in total. The van der Waals surface area contributed by atoms with E-state index in [2.05, 4.69) is 15.3 Å². The lowest BCUT2D eigenvalue weighted by atomic mass is 10.3. The predicted octanol–water partition coefficient (Wildman–Crippen LogP) is 1.55. The van der Waals surface area contributed by atoms with Crippen LogP contribution in [-0.4, -0.2) is 29.7 Å². The minimum Gasteiger partial charge on any atom is -0.460 e. The first-order valence-corrected chi connectivity index (χ1v) is 5.05. The fraction of sp³-hybridized carbons (Fsp3) is 0.364. The van der Waals surface area contributed by atoms with E-state index in [-0.39, 0.29) is 6.10 Å². The van der Waals surface area contributed by atoms with Crippen LogP contribution in [0.5, 0.6) is 6.01 Å². The summed E-state index contributed by atoms with van der Waals surface area (Å²) in [7, 11) is 1.90. The highest BCUT2D eigenvalue weighted by Gasteiger charge is 2.06. The number of aromatic nitrogens is 2. The van der Waals surface area contributed by atoms with Crippen LogP contribution in [0.2, 0.25) is 0 Å². The van der Waals surface area contributed by atoms with Gasteiger partial charge in [0.1, 0.15) is 6.10 Å². The van der Waals surface area contributed by atoms with Crippen LogP contribution in [0, 0.1) is 0 Å². The van der Waals surface area contributed by atoms with E-state index in [1.807, 2.05) is 38.2 Å². The molecule has 1 aromatic carbocycles. The molecule has 0 amide bonds. The molecule has 0 spiro atoms. The average Bonchev–Trinajstić information content (AvgIpc) is 2.59. The third-order valence-electron chi connectivity index (χ3n) is 2.17. The number of fused-ring (bicyclic) bond motifs is 1. The highest BCUT2D eigenvalue weighted by molar-refractivity contribution is 5.75. The second-order valence-electron chi connectivity index (χ2n) is 3.55. The summed E-state index contributed by atoms with van der Waals surface area (Å²) in [6, 6.07) is 8.46. The summed E-state index contributed by atoms with van der Waals surface area (Å²) in [5.41, 5.74) is 1.94. The molecular weight excluding hydrogens is 190 g/mol. The second kappa shape index (κ2) is 4.31. The highest BCUT2D eigenvalue weighted by atomic mass is 16.5. The van der Waals surface area contributed by atoms with Gasteiger partial charge in [0.15, 0.2) is 0 Å². The van der Waals surface area contributed by atoms with Gasteiger partial charge < -0.3 is 15.0 Å². The SMILES string of the molecule is CNCC(C)Oc1nc2ccccc2[nH]1. The third-order valence-corrected chi connectivity index (χ3v) is 2.17. The Balaban J connectivity index is 2.15. The van der Waals surface area contributed by atoms with Gasteiger partial charge in [-0.05, 0) is 26.1 Å². The maximum absolute atomic E-state index is 5.61. The predicted molar refractivity (Wildman–Crippen MR) is 60.1 cm³/mol. The summed E-state index contributed by atoms with van der Waals surface area (Å²) < 4.78 is 5.61. The molecule has 2 rings (SSSR count). The molecule has 1 unspecified atom stereocenters. The lowest BCUT2D eigenvalue weighted by Crippen LogP contribution is -2.26. The van der Waals surface area contributed by atoms with Crippen molar-refractivity contribution < 1.29 is 4.74 Å². The zero-order valence-corrected chi connectivity index (χ0v) is 8.95. The Kier molecular flexibility index (Phi) is 2.87. The molecule has 0 aliphatic carbocycles. The van der Waals surface area contributed by atoms with Crippen LogP contribution in [0.4, 0.5) is 0 Å². The fourth-order valence-electron chi connectivity index (χ4n) is 1.50. The number of hydrogen-bond acceptors (Lipinski definition) is 3. The normalized spacial score (nSPS) is 12.9. The molecule has 0 fully saturated rings. The van der Waals surface area contributed by atoms with Gasteiger partial charge in [-0.15, -0.1) is 0 Å². The Hall–Kier alpha value is -1.55. The number of para-hydroxylation sites is 2. The smallest absolute Gasteiger partial charge is 0.294 e. The minimum atomic E-state index is 0.107. The standard InChI is InChI=1S/C11H15N3O/c1-8(7-12-2)15-11-13-9-5-3-4-6-10(9)14-11/h3-6,8,12H,7H2,1-2H3,(H,13,14). The van der Waals surface area contributed by atoms with E-state index in [4.69, 9.17) is 4.74 Å². The lowest BCUT2D eigenvalue weighted by Gasteiger charge is -2.10. The molecule has 4 heteroatoms. The van der Waals surface area contributed by atoms with Crippen molar-refractivity contribution in [3.63, 3.8) is 0 Å². The van der Waals surface area contributed by atoms with Crippen LogP contribution in [0.3, 0.4) is 0 Å². The first-order valence-electron chi connectivity index (χ1n) is 5.05. The molecular formula is C11H15N3O. The van der Waals surface area contributed by atoms with Gasteiger partial charge in [-0.25, -0.2) is 0 Å². The number of benzene rings is 1. The highest BCUT2D eigenvalue weighted by Crippen LogP contribution is 2.15. The zero-order valence-electron chi connectivity index (χ0n) is 8.95. The summed E-state index contributed by atoms with van der Waals surface area (Å²) in [6.07, 6.45) is 0.107. The number of aromatic amines is 1. The van der Waals surface area contributed by atoms with E-state index in [1.165, 1.54) is 0 Å². The molecule has 2 aromatic rings. The van der Waals surface area contributed by atoms with Crippen LogP contribution < -0.4 is 10.1 Å². The topological polar surface area (TPSA) is 49.9 Å². The van der Waals surface area contributed by atoms with Gasteiger partial charge in [0.2, 0.25) is 0 Å². The zero-order chi connectivity index (χ0) is 10.7. The van der Waals surface area contributed by atoms with E-state index < -0.39 is 0 Å². The van der Waals surface area contributed by atoms with Gasteiger partial charge >= 0.3 is 0 Å². The van der Waals surface area contributed by atoms with E-state index in [1.54, 1.807) is 0 Å². The molecule has 0 aliphatic rings. The third kappa shape index (κ3) is 2.27. The molecule has 1 aromatic heterocycles. The van der Waals surface area contributed by atoms with Crippen molar-refractivity contribution in [2.45, 2.75) is 13.0 Å². The lowest BCUT2D eigenvalue weighted by molar-refractivity contribution is 0.205. The molecule has 80 valence electrons. The number of H-pyrrole nitrogens is 1. The van der Waals surface area contributed by atoms with Crippen LogP contribution >= 0.6 is 0 Å². The Morgan fingerprint density at radius 2 is 2.27 bits per heavy atom. The van der Waals surface area contributed by atoms with Gasteiger partial charge in [0.05, 0.1) is 11.0 Å². The van der Waals surface area contributed by atoms with Gasteiger partial charge in [-0.3, -0.25) is 0 Å². The van der Waals surface area contributed by atoms with Crippen molar-refractivity contribution in [2.24, 2.45) is 0 Å². The van der Waals surface area contributed by atoms with Gasteiger partial charge in [-0.2, -0.15) is 4.98 Å². The van der Waals surface area contributed by atoms with Crippen molar-refractivity contribution in [2.75, 3.05) is 13.6 Å². The van der Waals surface area contributed by atoms with Crippen LogP contribution in [0.25, 0.3) is 11.0 Å². The number of likely N-dealkylation sites (N-methyl/N-ethyl adjacent to an activating group) is 1. The minimum absolute atomic E-state index is 0.107. The summed E-state index contributed by atoms with van der Waals surface area (Å²) >= 11 is 0. The average molecular weight is 205 g/mol. The van der Waals surface area contributed by atoms with E-state index in [0.29, 0.717) is 6.01 Å². The number of ether oxygens (including phenoxy) is 1. The first-order chi connectivity index (χ1) is 7.29. The monoisotopic (exact) mass is 205 g/mol. The van der Waals surface area contributed by atoms with Crippen molar-refractivity contribution in [3.8, 4) is 6.01 Å². The van der Waals surface area contributed by atoms with E-state index >= 15 is 0 Å². The summed E-state index contributed by atoms with van der Waals surface area (Å²) in [4.78, 5) is 7.45. The molecule has 0 bridgehead atoms. The van der Waals surface area contributed by atoms with Crippen molar-refractivity contribution in [3.05, 3.63) is 24.3 Å². The molecule has 0 radical (unpaired) electrons. The van der Waals surface area contributed by atoms with Crippen LogP contribution in [0.1, 0.15) is 6.92 Å². The van der Waals surface area contributed by atoms with Crippen molar-refractivity contribution >= 4 is 11.0 Å². The number of nitrogens with zero attached hydrogens (tertiary/aromatic N) is 1. The van der Waals surface area contributed by atoms with E-state index in [9.17, 15) is 0 Å². The Morgan fingerprint density at radius 1 is 1.47 bits per heavy atom.